The smallest absolute Gasteiger partial charge is 0.322 e. The lowest BCUT2D eigenvalue weighted by molar-refractivity contribution is -0.385. The van der Waals surface area contributed by atoms with Crippen LogP contribution < -0.4 is 5.32 Å². The predicted octanol–water partition coefficient (Wildman–Crippen LogP) is 4.57. The second kappa shape index (κ2) is 6.79. The fourth-order valence-corrected chi connectivity index (χ4v) is 3.55. The molecule has 11 heteroatoms. The summed E-state index contributed by atoms with van der Waals surface area (Å²) in [4.78, 5) is 22.7. The predicted molar refractivity (Wildman–Crippen MR) is 93.4 cm³/mol. The standard InChI is InChI=1S/C14H8Cl2N4O4S/c1-6-7(3-2-4-9(6)20(22)23)12(21)17-14-19-18-13(24-14)8-5-10(15)25-11(8)16/h2-5H,1H3,(H,17,19,21). The number of thiophene rings is 1. The van der Waals surface area contributed by atoms with E-state index in [4.69, 9.17) is 27.6 Å². The lowest BCUT2D eigenvalue weighted by atomic mass is 10.1. The second-order valence-electron chi connectivity index (χ2n) is 4.81. The fraction of sp³-hybridized carbons (Fsp3) is 0.0714. The number of nitro benzene ring substituents is 1. The number of hydrogen-bond donors (Lipinski definition) is 1. The van der Waals surface area contributed by atoms with Crippen molar-refractivity contribution >= 4 is 52.1 Å². The average Bonchev–Trinajstić information content (AvgIpc) is 3.13. The molecule has 0 bridgehead atoms. The minimum atomic E-state index is -0.606. The summed E-state index contributed by atoms with van der Waals surface area (Å²) in [7, 11) is 0. The molecule has 0 spiro atoms. The van der Waals surface area contributed by atoms with Gasteiger partial charge in [0.05, 0.1) is 14.8 Å². The van der Waals surface area contributed by atoms with Gasteiger partial charge in [0.25, 0.3) is 17.5 Å². The van der Waals surface area contributed by atoms with E-state index in [0.29, 0.717) is 14.2 Å². The number of anilines is 1. The Bertz CT molecular complexity index is 985. The van der Waals surface area contributed by atoms with Crippen molar-refractivity contribution in [1.82, 2.24) is 10.2 Å². The maximum Gasteiger partial charge on any atom is 0.322 e. The number of benzene rings is 1. The third-order valence-electron chi connectivity index (χ3n) is 3.28. The topological polar surface area (TPSA) is 111 Å². The molecule has 0 saturated carbocycles. The maximum atomic E-state index is 12.3. The average molecular weight is 399 g/mol. The zero-order valence-corrected chi connectivity index (χ0v) is 14.8. The summed E-state index contributed by atoms with van der Waals surface area (Å²) in [6.07, 6.45) is 0. The Balaban J connectivity index is 1.84. The van der Waals surface area contributed by atoms with Crippen molar-refractivity contribution in [3.63, 3.8) is 0 Å². The van der Waals surface area contributed by atoms with E-state index in [2.05, 4.69) is 15.5 Å². The molecule has 0 unspecified atom stereocenters. The zero-order chi connectivity index (χ0) is 18.1. The molecule has 8 nitrogen and oxygen atoms in total. The number of nitrogens with zero attached hydrogens (tertiary/aromatic N) is 3. The van der Waals surface area contributed by atoms with Crippen LogP contribution in [0.1, 0.15) is 15.9 Å². The van der Waals surface area contributed by atoms with Crippen LogP contribution in [-0.4, -0.2) is 21.0 Å². The van der Waals surface area contributed by atoms with Gasteiger partial charge in [0.15, 0.2) is 0 Å². The van der Waals surface area contributed by atoms with E-state index in [1.165, 1.54) is 25.1 Å². The number of amides is 1. The molecular weight excluding hydrogens is 391 g/mol. The Labute approximate surface area is 154 Å². The van der Waals surface area contributed by atoms with Crippen LogP contribution in [0.2, 0.25) is 8.67 Å². The molecule has 0 saturated heterocycles. The largest absolute Gasteiger partial charge is 0.403 e. The molecule has 2 aromatic heterocycles. The van der Waals surface area contributed by atoms with E-state index in [1.54, 1.807) is 6.07 Å². The highest BCUT2D eigenvalue weighted by molar-refractivity contribution is 7.20. The van der Waals surface area contributed by atoms with E-state index in [0.717, 1.165) is 11.3 Å². The molecule has 0 fully saturated rings. The molecule has 0 aliphatic rings. The Kier molecular flexibility index (Phi) is 4.71. The van der Waals surface area contributed by atoms with Crippen molar-refractivity contribution in [3.05, 3.63) is 54.2 Å². The molecule has 1 N–H and O–H groups in total. The van der Waals surface area contributed by atoms with Crippen LogP contribution >= 0.6 is 34.5 Å². The first kappa shape index (κ1) is 17.3. The van der Waals surface area contributed by atoms with Crippen molar-refractivity contribution in [2.75, 3.05) is 5.32 Å². The molecule has 3 rings (SSSR count). The van der Waals surface area contributed by atoms with Crippen molar-refractivity contribution in [2.24, 2.45) is 0 Å². The minimum absolute atomic E-state index is 0.0965. The minimum Gasteiger partial charge on any atom is -0.403 e. The van der Waals surface area contributed by atoms with Gasteiger partial charge in [-0.3, -0.25) is 20.2 Å². The van der Waals surface area contributed by atoms with Gasteiger partial charge in [-0.2, -0.15) is 0 Å². The third-order valence-corrected chi connectivity index (χ3v) is 4.77. The van der Waals surface area contributed by atoms with Crippen molar-refractivity contribution in [1.29, 1.82) is 0 Å². The molecule has 3 aromatic rings. The Morgan fingerprint density at radius 1 is 1.36 bits per heavy atom. The number of aromatic nitrogens is 2. The Morgan fingerprint density at radius 3 is 2.76 bits per heavy atom. The summed E-state index contributed by atoms with van der Waals surface area (Å²) in [6.45, 7) is 1.49. The Morgan fingerprint density at radius 2 is 2.12 bits per heavy atom. The first-order valence-electron chi connectivity index (χ1n) is 6.71. The fourth-order valence-electron chi connectivity index (χ4n) is 2.10. The number of nitro groups is 1. The van der Waals surface area contributed by atoms with Crippen molar-refractivity contribution in [3.8, 4) is 11.5 Å². The molecular formula is C14H8Cl2N4O4S. The molecule has 0 radical (unpaired) electrons. The van der Waals surface area contributed by atoms with Crippen LogP contribution in [0.25, 0.3) is 11.5 Å². The van der Waals surface area contributed by atoms with E-state index in [-0.39, 0.29) is 28.7 Å². The molecule has 128 valence electrons. The molecule has 0 aliphatic heterocycles. The van der Waals surface area contributed by atoms with Gasteiger partial charge in [-0.15, -0.1) is 16.4 Å². The van der Waals surface area contributed by atoms with Crippen LogP contribution in [0.3, 0.4) is 0 Å². The summed E-state index contributed by atoms with van der Waals surface area (Å²) in [5, 5.41) is 20.9. The molecule has 0 atom stereocenters. The normalized spacial score (nSPS) is 10.7. The molecule has 2 heterocycles. The first-order chi connectivity index (χ1) is 11.9. The van der Waals surface area contributed by atoms with Crippen LogP contribution in [0, 0.1) is 17.0 Å². The zero-order valence-electron chi connectivity index (χ0n) is 12.4. The molecule has 0 aliphatic carbocycles. The van der Waals surface area contributed by atoms with Crippen LogP contribution in [-0.2, 0) is 0 Å². The van der Waals surface area contributed by atoms with Crippen molar-refractivity contribution < 1.29 is 14.1 Å². The summed E-state index contributed by atoms with van der Waals surface area (Å²) < 4.78 is 6.18. The number of hydrogen-bond acceptors (Lipinski definition) is 7. The van der Waals surface area contributed by atoms with E-state index in [9.17, 15) is 14.9 Å². The number of nitrogens with one attached hydrogen (secondary N) is 1. The third kappa shape index (κ3) is 3.48. The number of halogens is 2. The van der Waals surface area contributed by atoms with Gasteiger partial charge >= 0.3 is 6.01 Å². The molecule has 1 aromatic carbocycles. The van der Waals surface area contributed by atoms with Gasteiger partial charge in [-0.25, -0.2) is 0 Å². The number of rotatable bonds is 4. The monoisotopic (exact) mass is 398 g/mol. The highest BCUT2D eigenvalue weighted by Crippen LogP contribution is 2.37. The number of carbonyl (C=O) groups excluding carboxylic acids is 1. The summed E-state index contributed by atoms with van der Waals surface area (Å²) >= 11 is 13.0. The first-order valence-corrected chi connectivity index (χ1v) is 8.28. The summed E-state index contributed by atoms with van der Waals surface area (Å²) in [6, 6.07) is 5.61. The van der Waals surface area contributed by atoms with E-state index >= 15 is 0 Å². The van der Waals surface area contributed by atoms with E-state index < -0.39 is 10.8 Å². The number of carbonyl (C=O) groups is 1. The summed E-state index contributed by atoms with van der Waals surface area (Å²) in [5.41, 5.74) is 0.665. The Hall–Kier alpha value is -2.49. The molecule has 25 heavy (non-hydrogen) atoms. The highest BCUT2D eigenvalue weighted by atomic mass is 35.5. The van der Waals surface area contributed by atoms with Crippen LogP contribution in [0.15, 0.2) is 28.7 Å². The van der Waals surface area contributed by atoms with Gasteiger partial charge in [-0.1, -0.05) is 34.4 Å². The highest BCUT2D eigenvalue weighted by Gasteiger charge is 2.20. The quantitative estimate of drug-likeness (QED) is 0.508. The van der Waals surface area contributed by atoms with Gasteiger partial charge in [0, 0.05) is 17.2 Å². The van der Waals surface area contributed by atoms with E-state index in [1.807, 2.05) is 0 Å². The van der Waals surface area contributed by atoms with Crippen LogP contribution in [0.4, 0.5) is 11.7 Å². The van der Waals surface area contributed by atoms with Crippen molar-refractivity contribution in [2.45, 2.75) is 6.92 Å². The molecule has 1 amide bonds. The lowest BCUT2D eigenvalue weighted by Crippen LogP contribution is -2.14. The maximum absolute atomic E-state index is 12.3. The van der Waals surface area contributed by atoms with Gasteiger partial charge in [0.1, 0.15) is 4.34 Å². The van der Waals surface area contributed by atoms with Gasteiger partial charge in [-0.05, 0) is 19.1 Å². The SMILES string of the molecule is Cc1c(C(=O)Nc2nnc(-c3cc(Cl)sc3Cl)o2)cccc1[N+](=O)[O-]. The second-order valence-corrected chi connectivity index (χ2v) is 7.10. The summed E-state index contributed by atoms with van der Waals surface area (Å²) in [5.74, 6) is -0.509. The lowest BCUT2D eigenvalue weighted by Gasteiger charge is -2.04. The van der Waals surface area contributed by atoms with Gasteiger partial charge < -0.3 is 4.42 Å². The van der Waals surface area contributed by atoms with Gasteiger partial charge in [0.2, 0.25) is 0 Å². The van der Waals surface area contributed by atoms with Crippen LogP contribution in [0.5, 0.6) is 0 Å².